The third kappa shape index (κ3) is 3.32. The van der Waals surface area contributed by atoms with Crippen molar-refractivity contribution in [2.24, 2.45) is 11.1 Å². The zero-order valence-electron chi connectivity index (χ0n) is 13.2. The molecule has 0 aromatic heterocycles. The Balaban J connectivity index is 1.74. The Labute approximate surface area is 139 Å². The van der Waals surface area contributed by atoms with Gasteiger partial charge in [0.1, 0.15) is 17.4 Å². The van der Waals surface area contributed by atoms with Gasteiger partial charge in [0.05, 0.1) is 6.61 Å². The third-order valence-corrected chi connectivity index (χ3v) is 3.76. The summed E-state index contributed by atoms with van der Waals surface area (Å²) in [5.74, 6) is 0.369. The molecular weight excluding hydrogens is 308 g/mol. The van der Waals surface area contributed by atoms with Crippen LogP contribution in [0.5, 0.6) is 11.5 Å². The Morgan fingerprint density at radius 1 is 1.29 bits per heavy atom. The van der Waals surface area contributed by atoms with Crippen molar-refractivity contribution in [2.45, 2.75) is 13.3 Å². The van der Waals surface area contributed by atoms with Gasteiger partial charge in [-0.05, 0) is 49.2 Å². The molecule has 1 aliphatic heterocycles. The Bertz CT molecular complexity index is 756. The number of benzene rings is 2. The molecule has 0 radical (unpaired) electrons. The van der Waals surface area contributed by atoms with E-state index in [1.807, 2.05) is 25.1 Å². The van der Waals surface area contributed by atoms with Crippen LogP contribution in [0.4, 0.5) is 5.69 Å². The lowest BCUT2D eigenvalue weighted by Gasteiger charge is -2.24. The van der Waals surface area contributed by atoms with Gasteiger partial charge in [0, 0.05) is 5.69 Å². The Kier molecular flexibility index (Phi) is 4.65. The number of amides is 1. The lowest BCUT2D eigenvalue weighted by atomic mass is 9.95. The summed E-state index contributed by atoms with van der Waals surface area (Å²) in [6.07, 6.45) is 0.415. The van der Waals surface area contributed by atoms with Crippen LogP contribution in [0.3, 0.4) is 0 Å². The summed E-state index contributed by atoms with van der Waals surface area (Å²) in [4.78, 5) is 12.5. The minimum Gasteiger partial charge on any atom is -0.494 e. The molecule has 124 valence electrons. The van der Waals surface area contributed by atoms with E-state index in [0.717, 1.165) is 11.3 Å². The number of anilines is 1. The number of hydrogen-bond acceptors (Lipinski definition) is 5. The van der Waals surface area contributed by atoms with Gasteiger partial charge in [0.2, 0.25) is 11.8 Å². The lowest BCUT2D eigenvalue weighted by Crippen LogP contribution is -2.37. The predicted molar refractivity (Wildman–Crippen MR) is 89.7 cm³/mol. The summed E-state index contributed by atoms with van der Waals surface area (Å²) in [7, 11) is 0. The van der Waals surface area contributed by atoms with Crippen LogP contribution in [0.15, 0.2) is 53.7 Å². The average Bonchev–Trinajstić information content (AvgIpc) is 2.62. The van der Waals surface area contributed by atoms with Crippen LogP contribution in [0.2, 0.25) is 0 Å². The normalized spacial score (nSPS) is 17.7. The van der Waals surface area contributed by atoms with Crippen LogP contribution in [0, 0.1) is 5.92 Å². The minimum atomic E-state index is -0.684. The minimum absolute atomic E-state index is 0.00265. The van der Waals surface area contributed by atoms with Crippen molar-refractivity contribution in [3.05, 3.63) is 54.1 Å². The molecule has 0 saturated carbocycles. The van der Waals surface area contributed by atoms with Gasteiger partial charge in [-0.1, -0.05) is 23.4 Å². The molecule has 0 bridgehead atoms. The number of nitrogens with one attached hydrogen (secondary N) is 1. The molecule has 3 rings (SSSR count). The molecule has 1 atom stereocenters. The number of para-hydroxylation sites is 1. The van der Waals surface area contributed by atoms with Crippen molar-refractivity contribution in [1.82, 2.24) is 0 Å². The molecule has 0 aliphatic carbocycles. The number of carbonyl (C=O) groups is 1. The maximum absolute atomic E-state index is 12.5. The molecule has 0 unspecified atom stereocenters. The summed E-state index contributed by atoms with van der Waals surface area (Å²) in [5.41, 5.74) is 1.54. The number of carbonyl (C=O) groups excluding carboxylic acids is 1. The predicted octanol–water partition coefficient (Wildman–Crippen LogP) is 3.06. The van der Waals surface area contributed by atoms with Gasteiger partial charge >= 0.3 is 0 Å². The van der Waals surface area contributed by atoms with Gasteiger partial charge in [-0.3, -0.25) is 4.79 Å². The van der Waals surface area contributed by atoms with Gasteiger partial charge in [-0.15, -0.1) is 0 Å². The highest BCUT2D eigenvalue weighted by molar-refractivity contribution is 6.07. The summed E-state index contributed by atoms with van der Waals surface area (Å²) < 4.78 is 10.9. The van der Waals surface area contributed by atoms with Crippen molar-refractivity contribution in [1.29, 1.82) is 0 Å². The summed E-state index contributed by atoms with van der Waals surface area (Å²) in [5, 5.41) is 15.1. The van der Waals surface area contributed by atoms with E-state index in [9.17, 15) is 4.79 Å². The van der Waals surface area contributed by atoms with Crippen molar-refractivity contribution < 1.29 is 19.5 Å². The second-order valence-electron chi connectivity index (χ2n) is 5.35. The molecule has 1 aliphatic rings. The van der Waals surface area contributed by atoms with E-state index < -0.39 is 5.92 Å². The van der Waals surface area contributed by atoms with E-state index in [4.69, 9.17) is 14.7 Å². The topological polar surface area (TPSA) is 80.2 Å². The van der Waals surface area contributed by atoms with Crippen LogP contribution in [-0.4, -0.2) is 23.6 Å². The first-order valence-corrected chi connectivity index (χ1v) is 7.72. The first-order chi connectivity index (χ1) is 11.7. The molecule has 6 heteroatoms. The molecule has 6 nitrogen and oxygen atoms in total. The van der Waals surface area contributed by atoms with E-state index in [1.54, 1.807) is 30.3 Å². The summed E-state index contributed by atoms with van der Waals surface area (Å²) >= 11 is 0. The molecule has 0 saturated heterocycles. The van der Waals surface area contributed by atoms with E-state index in [-0.39, 0.29) is 11.8 Å². The summed E-state index contributed by atoms with van der Waals surface area (Å²) in [6, 6.07) is 14.5. The fourth-order valence-electron chi connectivity index (χ4n) is 2.59. The highest BCUT2D eigenvalue weighted by Crippen LogP contribution is 2.29. The first-order valence-electron chi connectivity index (χ1n) is 7.72. The van der Waals surface area contributed by atoms with E-state index in [0.29, 0.717) is 24.5 Å². The Morgan fingerprint density at radius 2 is 2.04 bits per heavy atom. The van der Waals surface area contributed by atoms with Gasteiger partial charge in [0.15, 0.2) is 0 Å². The highest BCUT2D eigenvalue weighted by Gasteiger charge is 2.33. The van der Waals surface area contributed by atoms with Crippen LogP contribution in [0.1, 0.15) is 12.5 Å². The molecule has 1 amide bonds. The molecule has 2 N–H and O–H groups in total. The number of rotatable bonds is 4. The smallest absolute Gasteiger partial charge is 0.243 e. The zero-order chi connectivity index (χ0) is 16.9. The number of fused-ring (bicyclic) bond motifs is 1. The van der Waals surface area contributed by atoms with E-state index in [2.05, 4.69) is 10.5 Å². The summed E-state index contributed by atoms with van der Waals surface area (Å²) in [6.45, 7) is 2.49. The van der Waals surface area contributed by atoms with Gasteiger partial charge in [0.25, 0.3) is 0 Å². The maximum atomic E-state index is 12.5. The first kappa shape index (κ1) is 15.9. The SMILES string of the molecule is CCOc1ccc(NC(=O)[C@H]2Cc3ccccc3O/C2=N/O)cc1. The largest absolute Gasteiger partial charge is 0.494 e. The Hall–Kier alpha value is -3.02. The monoisotopic (exact) mass is 326 g/mol. The fraction of sp³-hybridized carbons (Fsp3) is 0.222. The van der Waals surface area contributed by atoms with E-state index in [1.165, 1.54) is 0 Å². The maximum Gasteiger partial charge on any atom is 0.243 e. The third-order valence-electron chi connectivity index (χ3n) is 3.76. The number of hydrogen-bond donors (Lipinski definition) is 2. The molecule has 2 aromatic carbocycles. The molecule has 1 heterocycles. The van der Waals surface area contributed by atoms with Crippen LogP contribution < -0.4 is 14.8 Å². The van der Waals surface area contributed by atoms with Gasteiger partial charge in [-0.2, -0.15) is 0 Å². The standard InChI is InChI=1S/C18H18N2O4/c1-2-23-14-9-7-13(8-10-14)19-17(21)15-11-12-5-3-4-6-16(12)24-18(15)20-22/h3-10,15,22H,2,11H2,1H3,(H,19,21)/b20-18+/t15-/m1/s1. The molecule has 0 spiro atoms. The molecule has 2 aromatic rings. The van der Waals surface area contributed by atoms with Crippen molar-refractivity contribution in [3.63, 3.8) is 0 Å². The molecule has 0 fully saturated rings. The van der Waals surface area contributed by atoms with Crippen molar-refractivity contribution in [2.75, 3.05) is 11.9 Å². The van der Waals surface area contributed by atoms with Gasteiger partial charge < -0.3 is 20.0 Å². The van der Waals surface area contributed by atoms with E-state index >= 15 is 0 Å². The highest BCUT2D eigenvalue weighted by atomic mass is 16.5. The molecular formula is C18H18N2O4. The Morgan fingerprint density at radius 3 is 2.75 bits per heavy atom. The van der Waals surface area contributed by atoms with Crippen LogP contribution in [-0.2, 0) is 11.2 Å². The second-order valence-corrected chi connectivity index (χ2v) is 5.35. The van der Waals surface area contributed by atoms with Crippen molar-refractivity contribution in [3.8, 4) is 11.5 Å². The number of nitrogens with zero attached hydrogens (tertiary/aromatic N) is 1. The molecule has 24 heavy (non-hydrogen) atoms. The second kappa shape index (κ2) is 7.04. The number of oxime groups is 1. The fourth-order valence-corrected chi connectivity index (χ4v) is 2.59. The van der Waals surface area contributed by atoms with Crippen LogP contribution in [0.25, 0.3) is 0 Å². The average molecular weight is 326 g/mol. The zero-order valence-corrected chi connectivity index (χ0v) is 13.2. The van der Waals surface area contributed by atoms with Crippen LogP contribution >= 0.6 is 0 Å². The lowest BCUT2D eigenvalue weighted by molar-refractivity contribution is -0.118. The quantitative estimate of drug-likeness (QED) is 0.668. The van der Waals surface area contributed by atoms with Gasteiger partial charge in [-0.25, -0.2) is 0 Å². The number of ether oxygens (including phenoxy) is 2. The van der Waals surface area contributed by atoms with Crippen molar-refractivity contribution >= 4 is 17.5 Å².